The number of hydroxylamine groups is 2. The Hall–Kier alpha value is -1.36. The first-order valence-corrected chi connectivity index (χ1v) is 7.68. The number of nitrogens with zero attached hydrogens (tertiary/aromatic N) is 1. The molecule has 0 fully saturated rings. The quantitative estimate of drug-likeness (QED) is 0.844. The molecule has 0 radical (unpaired) electrons. The van der Waals surface area contributed by atoms with Gasteiger partial charge in [0.15, 0.2) is 0 Å². The molecule has 1 aliphatic heterocycles. The highest BCUT2D eigenvalue weighted by atomic mass is 35.5. The lowest BCUT2D eigenvalue weighted by Gasteiger charge is -2.34. The van der Waals surface area contributed by atoms with Gasteiger partial charge in [0.1, 0.15) is 0 Å². The molecule has 2 heterocycles. The molecule has 3 nitrogen and oxygen atoms in total. The lowest BCUT2D eigenvalue weighted by atomic mass is 9.95. The number of hydrogen-bond acceptors (Lipinski definition) is 4. The molecule has 1 aromatic carbocycles. The van der Waals surface area contributed by atoms with Gasteiger partial charge in [-0.3, -0.25) is 4.79 Å². The molecule has 0 amide bonds. The molecule has 1 unspecified atom stereocenters. The topological polar surface area (TPSA) is 29.5 Å². The number of benzene rings is 1. The van der Waals surface area contributed by atoms with Crippen molar-refractivity contribution in [1.29, 1.82) is 0 Å². The van der Waals surface area contributed by atoms with E-state index in [4.69, 9.17) is 16.4 Å². The van der Waals surface area contributed by atoms with Crippen molar-refractivity contribution in [3.05, 3.63) is 56.7 Å². The zero-order chi connectivity index (χ0) is 14.1. The van der Waals surface area contributed by atoms with Gasteiger partial charge < -0.3 is 4.84 Å². The normalized spacial score (nSPS) is 18.6. The zero-order valence-electron chi connectivity index (χ0n) is 11.0. The van der Waals surface area contributed by atoms with Crippen LogP contribution in [-0.4, -0.2) is 17.6 Å². The Bertz CT molecular complexity index is 640. The van der Waals surface area contributed by atoms with Gasteiger partial charge in [-0.15, -0.1) is 16.4 Å². The third-order valence-electron chi connectivity index (χ3n) is 3.37. The fourth-order valence-electron chi connectivity index (χ4n) is 2.58. The molecule has 0 saturated carbocycles. The van der Waals surface area contributed by atoms with Gasteiger partial charge in [-0.1, -0.05) is 29.8 Å². The molecule has 1 aromatic heterocycles. The molecule has 1 atom stereocenters. The van der Waals surface area contributed by atoms with Crippen LogP contribution in [-0.2, 0) is 16.1 Å². The summed E-state index contributed by atoms with van der Waals surface area (Å²) in [5.41, 5.74) is 2.14. The van der Waals surface area contributed by atoms with Crippen LogP contribution in [0.2, 0.25) is 5.02 Å². The lowest BCUT2D eigenvalue weighted by molar-refractivity contribution is -0.198. The van der Waals surface area contributed by atoms with Crippen molar-refractivity contribution in [2.45, 2.75) is 19.4 Å². The van der Waals surface area contributed by atoms with Crippen molar-refractivity contribution in [3.8, 4) is 0 Å². The summed E-state index contributed by atoms with van der Waals surface area (Å²) >= 11 is 8.07. The summed E-state index contributed by atoms with van der Waals surface area (Å²) < 4.78 is 0. The Labute approximate surface area is 126 Å². The SMILES string of the molecule is CC(=O)ON1CCc2sccc2C1c1ccccc1Cl. The highest BCUT2D eigenvalue weighted by Gasteiger charge is 2.33. The molecular formula is C15H14ClNO2S. The number of rotatable bonds is 2. The van der Waals surface area contributed by atoms with E-state index in [2.05, 4.69) is 11.4 Å². The first kappa shape index (κ1) is 13.6. The maximum absolute atomic E-state index is 11.3. The first-order chi connectivity index (χ1) is 9.66. The fraction of sp³-hybridized carbons (Fsp3) is 0.267. The van der Waals surface area contributed by atoms with E-state index in [1.165, 1.54) is 17.4 Å². The van der Waals surface area contributed by atoms with E-state index in [9.17, 15) is 4.79 Å². The van der Waals surface area contributed by atoms with Crippen LogP contribution < -0.4 is 0 Å². The summed E-state index contributed by atoms with van der Waals surface area (Å²) in [6, 6.07) is 9.67. The van der Waals surface area contributed by atoms with Crippen LogP contribution in [0.15, 0.2) is 35.7 Å². The second kappa shape index (κ2) is 5.56. The maximum Gasteiger partial charge on any atom is 0.322 e. The van der Waals surface area contributed by atoms with Gasteiger partial charge in [0.25, 0.3) is 0 Å². The largest absolute Gasteiger partial charge is 0.367 e. The minimum atomic E-state index is -0.305. The molecule has 0 aliphatic carbocycles. The van der Waals surface area contributed by atoms with Gasteiger partial charge in [0.05, 0.1) is 6.04 Å². The summed E-state index contributed by atoms with van der Waals surface area (Å²) in [6.45, 7) is 2.11. The summed E-state index contributed by atoms with van der Waals surface area (Å²) in [7, 11) is 0. The van der Waals surface area contributed by atoms with E-state index in [1.807, 2.05) is 24.3 Å². The molecule has 0 saturated heterocycles. The van der Waals surface area contributed by atoms with Gasteiger partial charge in [-0.05, 0) is 35.1 Å². The van der Waals surface area contributed by atoms with Crippen LogP contribution in [0, 0.1) is 0 Å². The molecular weight excluding hydrogens is 294 g/mol. The number of hydrogen-bond donors (Lipinski definition) is 0. The molecule has 0 spiro atoms. The molecule has 2 aromatic rings. The van der Waals surface area contributed by atoms with Gasteiger partial charge in [0, 0.05) is 23.4 Å². The van der Waals surface area contributed by atoms with Crippen LogP contribution in [0.1, 0.15) is 29.0 Å². The number of carbonyl (C=O) groups excluding carboxylic acids is 1. The van der Waals surface area contributed by atoms with Crippen LogP contribution in [0.25, 0.3) is 0 Å². The summed E-state index contributed by atoms with van der Waals surface area (Å²) in [5, 5.41) is 4.50. The number of thiophene rings is 1. The van der Waals surface area contributed by atoms with Crippen molar-refractivity contribution in [2.24, 2.45) is 0 Å². The molecule has 0 N–H and O–H groups in total. The molecule has 5 heteroatoms. The Morgan fingerprint density at radius 2 is 2.15 bits per heavy atom. The zero-order valence-corrected chi connectivity index (χ0v) is 12.6. The molecule has 0 bridgehead atoms. The third kappa shape index (κ3) is 2.46. The van der Waals surface area contributed by atoms with E-state index in [1.54, 1.807) is 16.4 Å². The molecule has 1 aliphatic rings. The average molecular weight is 308 g/mol. The van der Waals surface area contributed by atoms with E-state index >= 15 is 0 Å². The summed E-state index contributed by atoms with van der Waals surface area (Å²) in [6.07, 6.45) is 0.890. The van der Waals surface area contributed by atoms with E-state index in [0.29, 0.717) is 11.6 Å². The second-order valence-electron chi connectivity index (χ2n) is 4.70. The van der Waals surface area contributed by atoms with E-state index in [-0.39, 0.29) is 12.0 Å². The van der Waals surface area contributed by atoms with Gasteiger partial charge in [0.2, 0.25) is 0 Å². The fourth-order valence-corrected chi connectivity index (χ4v) is 3.72. The van der Waals surface area contributed by atoms with Crippen molar-refractivity contribution >= 4 is 28.9 Å². The Kier molecular flexibility index (Phi) is 3.78. The van der Waals surface area contributed by atoms with Gasteiger partial charge in [-0.2, -0.15) is 0 Å². The van der Waals surface area contributed by atoms with Crippen LogP contribution in [0.3, 0.4) is 0 Å². The molecule has 20 heavy (non-hydrogen) atoms. The minimum Gasteiger partial charge on any atom is -0.367 e. The molecule has 3 rings (SSSR count). The van der Waals surface area contributed by atoms with Crippen LogP contribution in [0.5, 0.6) is 0 Å². The highest BCUT2D eigenvalue weighted by molar-refractivity contribution is 7.10. The van der Waals surface area contributed by atoms with Crippen molar-refractivity contribution in [3.63, 3.8) is 0 Å². The van der Waals surface area contributed by atoms with Gasteiger partial charge >= 0.3 is 5.97 Å². The standard InChI is InChI=1S/C15H14ClNO2S/c1-10(18)19-17-8-6-14-12(7-9-20-14)15(17)11-4-2-3-5-13(11)16/h2-5,7,9,15H,6,8H2,1H3. The Morgan fingerprint density at radius 1 is 1.35 bits per heavy atom. The average Bonchev–Trinajstić information content (AvgIpc) is 2.87. The van der Waals surface area contributed by atoms with Crippen molar-refractivity contribution in [1.82, 2.24) is 5.06 Å². The van der Waals surface area contributed by atoms with Crippen molar-refractivity contribution < 1.29 is 9.63 Å². The van der Waals surface area contributed by atoms with Gasteiger partial charge in [-0.25, -0.2) is 0 Å². The third-order valence-corrected chi connectivity index (χ3v) is 4.71. The van der Waals surface area contributed by atoms with Crippen molar-refractivity contribution in [2.75, 3.05) is 6.54 Å². The van der Waals surface area contributed by atoms with E-state index < -0.39 is 0 Å². The predicted octanol–water partition coefficient (Wildman–Crippen LogP) is 3.83. The minimum absolute atomic E-state index is 0.123. The first-order valence-electron chi connectivity index (χ1n) is 6.42. The summed E-state index contributed by atoms with van der Waals surface area (Å²) in [4.78, 5) is 18.0. The van der Waals surface area contributed by atoms with Crippen LogP contribution >= 0.6 is 22.9 Å². The monoisotopic (exact) mass is 307 g/mol. The predicted molar refractivity (Wildman–Crippen MR) is 79.8 cm³/mol. The Morgan fingerprint density at radius 3 is 2.90 bits per heavy atom. The summed E-state index contributed by atoms with van der Waals surface area (Å²) in [5.74, 6) is -0.305. The highest BCUT2D eigenvalue weighted by Crippen LogP contribution is 2.40. The number of fused-ring (bicyclic) bond motifs is 1. The Balaban J connectivity index is 2.07. The molecule has 104 valence electrons. The van der Waals surface area contributed by atoms with E-state index in [0.717, 1.165) is 12.0 Å². The smallest absolute Gasteiger partial charge is 0.322 e. The van der Waals surface area contributed by atoms with Crippen LogP contribution in [0.4, 0.5) is 0 Å². The number of carbonyl (C=O) groups is 1. The maximum atomic E-state index is 11.3. The second-order valence-corrected chi connectivity index (χ2v) is 6.10. The lowest BCUT2D eigenvalue weighted by Crippen LogP contribution is -2.36. The number of halogens is 1.